The molecule has 1 rings (SSSR count). The number of hydrogen-bond donors (Lipinski definition) is 3. The summed E-state index contributed by atoms with van der Waals surface area (Å²) in [5, 5.41) is 14.8. The lowest BCUT2D eigenvalue weighted by Gasteiger charge is -2.41. The van der Waals surface area contributed by atoms with Gasteiger partial charge in [0.2, 0.25) is 11.8 Å². The molecule has 3 N–H and O–H groups in total. The fourth-order valence-electron chi connectivity index (χ4n) is 1.84. The molecule has 0 spiro atoms. The van der Waals surface area contributed by atoms with E-state index in [1.807, 2.05) is 20.8 Å². The predicted molar refractivity (Wildman–Crippen MR) is 68.9 cm³/mol. The van der Waals surface area contributed by atoms with E-state index in [2.05, 4.69) is 10.6 Å². The molecule has 0 bridgehead atoms. The zero-order chi connectivity index (χ0) is 13.8. The van der Waals surface area contributed by atoms with Crippen molar-refractivity contribution in [3.63, 3.8) is 0 Å². The smallest absolute Gasteiger partial charge is 0.225 e. The minimum Gasteiger partial charge on any atom is -0.394 e. The Bertz CT molecular complexity index is 311. The van der Waals surface area contributed by atoms with Crippen molar-refractivity contribution < 1.29 is 14.7 Å². The topological polar surface area (TPSA) is 78.4 Å². The van der Waals surface area contributed by atoms with Gasteiger partial charge in [0.15, 0.2) is 0 Å². The summed E-state index contributed by atoms with van der Waals surface area (Å²) in [5.41, 5.74) is -0.831. The molecule has 104 valence electrons. The molecule has 2 amide bonds. The monoisotopic (exact) mass is 256 g/mol. The van der Waals surface area contributed by atoms with Gasteiger partial charge in [0.1, 0.15) is 0 Å². The quantitative estimate of drug-likeness (QED) is 0.673. The molecule has 1 aliphatic carbocycles. The van der Waals surface area contributed by atoms with E-state index in [9.17, 15) is 14.7 Å². The molecular formula is C13H24N2O3. The first-order valence-electron chi connectivity index (χ1n) is 6.49. The lowest BCUT2D eigenvalue weighted by molar-refractivity contribution is -0.129. The second-order valence-electron chi connectivity index (χ2n) is 6.10. The molecule has 0 aromatic rings. The highest BCUT2D eigenvalue weighted by atomic mass is 16.3. The maximum atomic E-state index is 11.7. The fraction of sp³-hybridized carbons (Fsp3) is 0.846. The van der Waals surface area contributed by atoms with Gasteiger partial charge in [-0.1, -0.05) is 20.8 Å². The van der Waals surface area contributed by atoms with Crippen LogP contribution in [0, 0.1) is 5.41 Å². The molecule has 5 heteroatoms. The van der Waals surface area contributed by atoms with Crippen molar-refractivity contribution in [2.75, 3.05) is 13.2 Å². The Labute approximate surface area is 108 Å². The number of hydrogen-bond acceptors (Lipinski definition) is 3. The second-order valence-corrected chi connectivity index (χ2v) is 6.10. The van der Waals surface area contributed by atoms with Gasteiger partial charge in [-0.3, -0.25) is 9.59 Å². The van der Waals surface area contributed by atoms with Crippen LogP contribution in [0.5, 0.6) is 0 Å². The van der Waals surface area contributed by atoms with Crippen LogP contribution in [0.2, 0.25) is 0 Å². The average molecular weight is 256 g/mol. The van der Waals surface area contributed by atoms with Gasteiger partial charge in [-0.05, 0) is 19.3 Å². The molecule has 1 aliphatic rings. The highest BCUT2D eigenvalue weighted by Gasteiger charge is 2.37. The lowest BCUT2D eigenvalue weighted by atomic mass is 9.77. The first kappa shape index (κ1) is 15.0. The summed E-state index contributed by atoms with van der Waals surface area (Å²) in [6, 6.07) is 0. The fourth-order valence-corrected chi connectivity index (χ4v) is 1.84. The molecule has 0 saturated heterocycles. The van der Waals surface area contributed by atoms with Crippen LogP contribution in [-0.2, 0) is 9.59 Å². The summed E-state index contributed by atoms with van der Waals surface area (Å²) in [7, 11) is 0. The van der Waals surface area contributed by atoms with E-state index < -0.39 is 11.0 Å². The normalized spacial score (nSPS) is 17.8. The molecule has 0 aromatic carbocycles. The van der Waals surface area contributed by atoms with Crippen molar-refractivity contribution in [1.82, 2.24) is 10.6 Å². The zero-order valence-electron chi connectivity index (χ0n) is 11.5. The van der Waals surface area contributed by atoms with Crippen LogP contribution in [0.25, 0.3) is 0 Å². The van der Waals surface area contributed by atoms with Gasteiger partial charge in [0.25, 0.3) is 0 Å². The molecule has 0 heterocycles. The number of rotatable bonds is 5. The van der Waals surface area contributed by atoms with Crippen LogP contribution in [0.1, 0.15) is 46.5 Å². The van der Waals surface area contributed by atoms with Crippen molar-refractivity contribution in [2.24, 2.45) is 5.41 Å². The second kappa shape index (κ2) is 5.69. The molecule has 1 saturated carbocycles. The number of aliphatic hydroxyl groups is 1. The van der Waals surface area contributed by atoms with E-state index in [-0.39, 0.29) is 24.8 Å². The van der Waals surface area contributed by atoms with Gasteiger partial charge in [-0.15, -0.1) is 0 Å². The molecule has 5 nitrogen and oxygen atoms in total. The average Bonchev–Trinajstić information content (AvgIpc) is 2.22. The lowest BCUT2D eigenvalue weighted by Crippen LogP contribution is -2.56. The van der Waals surface area contributed by atoms with Crippen LogP contribution in [0.15, 0.2) is 0 Å². The minimum absolute atomic E-state index is 0.00685. The molecule has 0 unspecified atom stereocenters. The van der Waals surface area contributed by atoms with Gasteiger partial charge >= 0.3 is 0 Å². The summed E-state index contributed by atoms with van der Waals surface area (Å²) in [6.45, 7) is 5.82. The largest absolute Gasteiger partial charge is 0.394 e. The van der Waals surface area contributed by atoms with Crippen LogP contribution >= 0.6 is 0 Å². The van der Waals surface area contributed by atoms with E-state index in [1.54, 1.807) is 0 Å². The van der Waals surface area contributed by atoms with Crippen LogP contribution in [0.4, 0.5) is 0 Å². The van der Waals surface area contributed by atoms with Gasteiger partial charge in [-0.2, -0.15) is 0 Å². The Morgan fingerprint density at radius 3 is 2.28 bits per heavy atom. The molecule has 0 aromatic heterocycles. The number of nitrogens with one attached hydrogen (secondary N) is 2. The van der Waals surface area contributed by atoms with Crippen molar-refractivity contribution in [2.45, 2.75) is 52.0 Å². The molecular weight excluding hydrogens is 232 g/mol. The first-order chi connectivity index (χ1) is 8.29. The zero-order valence-corrected chi connectivity index (χ0v) is 11.5. The highest BCUT2D eigenvalue weighted by Crippen LogP contribution is 2.31. The van der Waals surface area contributed by atoms with Crippen LogP contribution in [-0.4, -0.2) is 35.6 Å². The van der Waals surface area contributed by atoms with Crippen LogP contribution in [0.3, 0.4) is 0 Å². The third kappa shape index (κ3) is 3.98. The molecule has 0 atom stereocenters. The minimum atomic E-state index is -0.434. The third-order valence-electron chi connectivity index (χ3n) is 3.34. The molecule has 1 fully saturated rings. The third-order valence-corrected chi connectivity index (χ3v) is 3.34. The van der Waals surface area contributed by atoms with E-state index in [4.69, 9.17) is 0 Å². The van der Waals surface area contributed by atoms with Crippen molar-refractivity contribution in [3.05, 3.63) is 0 Å². The van der Waals surface area contributed by atoms with Gasteiger partial charge in [0, 0.05) is 18.4 Å². The van der Waals surface area contributed by atoms with Crippen molar-refractivity contribution in [1.29, 1.82) is 0 Å². The summed E-state index contributed by atoms with van der Waals surface area (Å²) >= 11 is 0. The molecule has 18 heavy (non-hydrogen) atoms. The van der Waals surface area contributed by atoms with Gasteiger partial charge in [-0.25, -0.2) is 0 Å². The highest BCUT2D eigenvalue weighted by molar-refractivity contribution is 5.82. The first-order valence-corrected chi connectivity index (χ1v) is 6.49. The Hall–Kier alpha value is -1.10. The van der Waals surface area contributed by atoms with E-state index >= 15 is 0 Å². The Morgan fingerprint density at radius 2 is 1.89 bits per heavy atom. The van der Waals surface area contributed by atoms with E-state index in [1.165, 1.54) is 0 Å². The Morgan fingerprint density at radius 1 is 1.28 bits per heavy atom. The number of carbonyl (C=O) groups excluding carboxylic acids is 2. The van der Waals surface area contributed by atoms with Crippen molar-refractivity contribution >= 4 is 11.8 Å². The van der Waals surface area contributed by atoms with E-state index in [0.717, 1.165) is 19.3 Å². The number of amides is 2. The summed E-state index contributed by atoms with van der Waals surface area (Å²) < 4.78 is 0. The summed E-state index contributed by atoms with van der Waals surface area (Å²) in [5.74, 6) is -0.172. The predicted octanol–water partition coefficient (Wildman–Crippen LogP) is 0.570. The number of aliphatic hydroxyl groups excluding tert-OH is 1. The van der Waals surface area contributed by atoms with Crippen molar-refractivity contribution in [3.8, 4) is 0 Å². The Kier molecular flexibility index (Phi) is 4.73. The molecule has 0 aliphatic heterocycles. The summed E-state index contributed by atoms with van der Waals surface area (Å²) in [6.07, 6.45) is 2.97. The maximum absolute atomic E-state index is 11.7. The number of carbonyl (C=O) groups is 2. The van der Waals surface area contributed by atoms with Gasteiger partial charge < -0.3 is 15.7 Å². The Balaban J connectivity index is 2.24. The SMILES string of the molecule is CC(C)(C)C(=O)NCCC(=O)NC1(CO)CCC1. The van der Waals surface area contributed by atoms with Gasteiger partial charge in [0.05, 0.1) is 12.1 Å². The van der Waals surface area contributed by atoms with E-state index in [0.29, 0.717) is 6.54 Å². The standard InChI is InChI=1S/C13H24N2O3/c1-12(2,3)11(18)14-8-5-10(17)15-13(9-16)6-4-7-13/h16H,4-9H2,1-3H3,(H,14,18)(H,15,17). The maximum Gasteiger partial charge on any atom is 0.225 e. The van der Waals surface area contributed by atoms with Crippen LogP contribution < -0.4 is 10.6 Å². The molecule has 0 radical (unpaired) electrons. The summed E-state index contributed by atoms with van der Waals surface area (Å²) in [4.78, 5) is 23.2.